The molecule has 18 heteroatoms. The Morgan fingerprint density at radius 2 is 0.898 bits per heavy atom. The second-order valence-electron chi connectivity index (χ2n) is 14.8. The minimum absolute atomic E-state index is 0.151. The van der Waals surface area contributed by atoms with Crippen LogP contribution in [0.1, 0.15) is 59.4 Å². The van der Waals surface area contributed by atoms with Crippen LogP contribution >= 0.6 is 0 Å². The van der Waals surface area contributed by atoms with Gasteiger partial charge in [-0.25, -0.2) is 0 Å². The van der Waals surface area contributed by atoms with Gasteiger partial charge in [0.1, 0.15) is 12.2 Å². The standard InChI is InChI=1S/C31H56O10Si8/c1-31(2,25-13-11-23(27(19-25)29-21-32-29)15-17-48(9)38-44(5)34-42(3)35-45(6)39-48)26-14-12-24(28(20-26)30-22-33-30)16-18-49(10)40-46(7)36-43(4)37-47(8)41-49/h11-14,19-20,29-30,42-47H,15-18,21-22H2,1-10H3. The van der Waals surface area contributed by atoms with Gasteiger partial charge >= 0.3 is 17.1 Å². The zero-order valence-corrected chi connectivity index (χ0v) is 39.8. The number of epoxide rings is 2. The topological polar surface area (TPSA) is 98.9 Å². The van der Waals surface area contributed by atoms with E-state index in [1.54, 1.807) is 0 Å². The van der Waals surface area contributed by atoms with Crippen LogP contribution < -0.4 is 0 Å². The van der Waals surface area contributed by atoms with Gasteiger partial charge in [0.15, 0.2) is 0 Å². The second-order valence-corrected chi connectivity index (χ2v) is 35.3. The van der Waals surface area contributed by atoms with E-state index in [1.807, 2.05) is 0 Å². The summed E-state index contributed by atoms with van der Waals surface area (Å²) in [5.41, 5.74) is 7.58. The lowest BCUT2D eigenvalue weighted by molar-refractivity contribution is 0.272. The molecule has 0 spiro atoms. The summed E-state index contributed by atoms with van der Waals surface area (Å²) in [6.07, 6.45) is 2.09. The van der Waals surface area contributed by atoms with Gasteiger partial charge in [-0.15, -0.1) is 0 Å². The first-order valence-corrected chi connectivity index (χ1v) is 35.6. The van der Waals surface area contributed by atoms with E-state index in [4.69, 9.17) is 42.4 Å². The van der Waals surface area contributed by atoms with Gasteiger partial charge in [0.25, 0.3) is 55.7 Å². The summed E-state index contributed by atoms with van der Waals surface area (Å²) < 4.78 is 62.7. The molecule has 0 radical (unpaired) electrons. The predicted octanol–water partition coefficient (Wildman–Crippen LogP) is 4.65. The highest BCUT2D eigenvalue weighted by atomic mass is 28.5. The predicted molar refractivity (Wildman–Crippen MR) is 209 cm³/mol. The Labute approximate surface area is 305 Å². The number of hydrogen-bond donors (Lipinski definition) is 0. The summed E-state index contributed by atoms with van der Waals surface area (Å²) in [6, 6.07) is 15.7. The maximum absolute atomic E-state index is 6.58. The Bertz CT molecular complexity index is 1330. The molecule has 272 valence electrons. The molecule has 6 rings (SSSR count). The molecule has 0 bridgehead atoms. The molecule has 0 amide bonds. The van der Waals surface area contributed by atoms with Gasteiger partial charge in [-0.2, -0.15) is 0 Å². The maximum atomic E-state index is 6.58. The van der Waals surface area contributed by atoms with Crippen LogP contribution in [0.25, 0.3) is 0 Å². The Morgan fingerprint density at radius 3 is 1.20 bits per heavy atom. The number of benzene rings is 2. The highest BCUT2D eigenvalue weighted by molar-refractivity contribution is 6.82. The van der Waals surface area contributed by atoms with Crippen molar-refractivity contribution in [2.24, 2.45) is 0 Å². The summed E-state index contributed by atoms with van der Waals surface area (Å²) in [5.74, 6) is 0. The molecular weight excluding hydrogens is 757 g/mol. The third kappa shape index (κ3) is 10.1. The van der Waals surface area contributed by atoms with Gasteiger partial charge in [-0.05, 0) is 111 Å². The molecular formula is C31H56O10Si8. The molecule has 2 aromatic rings. The van der Waals surface area contributed by atoms with E-state index in [0.717, 1.165) is 38.1 Å². The normalized spacial score (nSPS) is 37.1. The third-order valence-electron chi connectivity index (χ3n) is 9.99. The summed E-state index contributed by atoms with van der Waals surface area (Å²) in [4.78, 5) is 0. The highest BCUT2D eigenvalue weighted by Gasteiger charge is 2.42. The lowest BCUT2D eigenvalue weighted by Crippen LogP contribution is -2.53. The number of aryl methyl sites for hydroxylation is 2. The molecule has 0 saturated carbocycles. The smallest absolute Gasteiger partial charge is 0.317 e. The quantitative estimate of drug-likeness (QED) is 0.250. The van der Waals surface area contributed by atoms with Gasteiger partial charge in [0, 0.05) is 5.41 Å². The second kappa shape index (κ2) is 15.6. The van der Waals surface area contributed by atoms with Gasteiger partial charge in [0.05, 0.1) is 13.2 Å². The van der Waals surface area contributed by atoms with Gasteiger partial charge in [0.2, 0.25) is 0 Å². The van der Waals surface area contributed by atoms with Crippen molar-refractivity contribution >= 4 is 72.8 Å². The van der Waals surface area contributed by atoms with Crippen molar-refractivity contribution in [2.75, 3.05) is 13.2 Å². The molecule has 2 aromatic carbocycles. The Hall–Kier alpha value is -0.225. The zero-order chi connectivity index (χ0) is 35.1. The molecule has 0 aliphatic carbocycles. The average molecular weight is 813 g/mol. The van der Waals surface area contributed by atoms with Crippen molar-refractivity contribution in [1.29, 1.82) is 0 Å². The van der Waals surface area contributed by atoms with Crippen LogP contribution in [0.3, 0.4) is 0 Å². The molecule has 4 heterocycles. The molecule has 6 unspecified atom stereocenters. The van der Waals surface area contributed by atoms with Gasteiger partial charge < -0.3 is 42.4 Å². The van der Waals surface area contributed by atoms with Crippen molar-refractivity contribution in [2.45, 2.75) is 109 Å². The van der Waals surface area contributed by atoms with Gasteiger partial charge in [-0.3, -0.25) is 0 Å². The zero-order valence-electron chi connectivity index (χ0n) is 30.9. The first-order chi connectivity index (χ1) is 23.1. The van der Waals surface area contributed by atoms with Crippen molar-refractivity contribution in [3.63, 3.8) is 0 Å². The first kappa shape index (κ1) is 38.5. The molecule has 0 aromatic heterocycles. The van der Waals surface area contributed by atoms with Crippen molar-refractivity contribution in [3.05, 3.63) is 69.8 Å². The van der Waals surface area contributed by atoms with E-state index < -0.39 is 72.8 Å². The van der Waals surface area contributed by atoms with E-state index in [0.29, 0.717) is 0 Å². The van der Waals surface area contributed by atoms with Crippen LogP contribution in [0.2, 0.25) is 64.5 Å². The number of hydrogen-bond acceptors (Lipinski definition) is 10. The minimum atomic E-state index is -2.43. The average Bonchev–Trinajstić information content (AvgIpc) is 3.91. The molecule has 49 heavy (non-hydrogen) atoms. The lowest BCUT2D eigenvalue weighted by atomic mass is 9.76. The summed E-state index contributed by atoms with van der Waals surface area (Å²) in [5, 5.41) is 0. The summed E-state index contributed by atoms with van der Waals surface area (Å²) in [7, 11) is -15.3. The largest absolute Gasteiger partial charge is 0.420 e. The van der Waals surface area contributed by atoms with Crippen LogP contribution in [0, 0.1) is 0 Å². The fourth-order valence-electron chi connectivity index (χ4n) is 7.32. The minimum Gasteiger partial charge on any atom is -0.420 e. The van der Waals surface area contributed by atoms with E-state index >= 15 is 0 Å². The summed E-state index contributed by atoms with van der Waals surface area (Å²) >= 11 is 0. The van der Waals surface area contributed by atoms with Crippen molar-refractivity contribution < 1.29 is 42.4 Å². The monoisotopic (exact) mass is 812 g/mol. The highest BCUT2D eigenvalue weighted by Crippen LogP contribution is 2.42. The van der Waals surface area contributed by atoms with E-state index in [-0.39, 0.29) is 17.6 Å². The summed E-state index contributed by atoms with van der Waals surface area (Å²) in [6.45, 7) is 23.1. The van der Waals surface area contributed by atoms with E-state index in [9.17, 15) is 0 Å². The fraction of sp³-hybridized carbons (Fsp3) is 0.613. The van der Waals surface area contributed by atoms with Crippen LogP contribution in [0.15, 0.2) is 36.4 Å². The molecule has 6 atom stereocenters. The van der Waals surface area contributed by atoms with Crippen molar-refractivity contribution in [3.8, 4) is 0 Å². The Balaban J connectivity index is 1.18. The van der Waals surface area contributed by atoms with Crippen molar-refractivity contribution in [1.82, 2.24) is 0 Å². The Kier molecular flexibility index (Phi) is 12.3. The Morgan fingerprint density at radius 1 is 0.571 bits per heavy atom. The molecule has 4 saturated heterocycles. The van der Waals surface area contributed by atoms with Crippen LogP contribution in [-0.4, -0.2) is 86.0 Å². The van der Waals surface area contributed by atoms with Crippen LogP contribution in [0.5, 0.6) is 0 Å². The van der Waals surface area contributed by atoms with E-state index in [1.165, 1.54) is 33.4 Å². The molecule has 4 aliphatic rings. The molecule has 10 nitrogen and oxygen atoms in total. The van der Waals surface area contributed by atoms with Crippen LogP contribution in [-0.2, 0) is 60.7 Å². The van der Waals surface area contributed by atoms with Gasteiger partial charge in [-0.1, -0.05) is 50.2 Å². The molecule has 0 N–H and O–H groups in total. The first-order valence-electron chi connectivity index (χ1n) is 17.9. The molecule has 4 fully saturated rings. The van der Waals surface area contributed by atoms with Crippen LogP contribution in [0.4, 0.5) is 0 Å². The molecule has 4 aliphatic heterocycles. The third-order valence-corrected chi connectivity index (χ3v) is 37.9. The lowest BCUT2D eigenvalue weighted by Gasteiger charge is -2.37. The number of ether oxygens (including phenoxy) is 2. The number of rotatable bonds is 10. The SMILES string of the molecule is C[SiH]1O[SiH](C)O[Si](C)(CCc2ccc(C(C)(C)c3ccc(CC[Si]4(C)O[SiH](C)O[SiH](C)O[SiH](C)O4)c(C4CO4)c3)cc2C2CO2)O[SiH](C)O1. The van der Waals surface area contributed by atoms with E-state index in [2.05, 4.69) is 103 Å². The fourth-order valence-corrected chi connectivity index (χ4v) is 36.5. The maximum Gasteiger partial charge on any atom is 0.317 e.